The molecule has 1 aromatic heterocycles. The predicted molar refractivity (Wildman–Crippen MR) is 115 cm³/mol. The Hall–Kier alpha value is -2.98. The number of Topliss-reactive ketones (excluding diaryl/α,β-unsaturated/α-hetero) is 2. The van der Waals surface area contributed by atoms with Crippen LogP contribution in [0.5, 0.6) is 0 Å². The highest BCUT2D eigenvalue weighted by atomic mass is 16.1. The van der Waals surface area contributed by atoms with Gasteiger partial charge in [0.15, 0.2) is 5.78 Å². The van der Waals surface area contributed by atoms with Gasteiger partial charge in [-0.2, -0.15) is 0 Å². The van der Waals surface area contributed by atoms with Crippen LogP contribution in [0.1, 0.15) is 68.7 Å². The summed E-state index contributed by atoms with van der Waals surface area (Å²) in [6.45, 7) is 9.22. The van der Waals surface area contributed by atoms with E-state index in [1.807, 2.05) is 39.0 Å². The van der Waals surface area contributed by atoms with E-state index in [-0.39, 0.29) is 23.7 Å². The van der Waals surface area contributed by atoms with Crippen molar-refractivity contribution in [2.45, 2.75) is 46.7 Å². The van der Waals surface area contributed by atoms with Crippen molar-refractivity contribution in [3.05, 3.63) is 93.8 Å². The molecule has 0 unspecified atom stereocenters. The lowest BCUT2D eigenvalue weighted by Crippen LogP contribution is -2.92. The zero-order chi connectivity index (χ0) is 21.1. The quantitative estimate of drug-likeness (QED) is 0.598. The molecule has 3 rings (SSSR count). The molecule has 0 fully saturated rings. The first kappa shape index (κ1) is 20.7. The Labute approximate surface area is 172 Å². The van der Waals surface area contributed by atoms with Crippen molar-refractivity contribution in [3.63, 3.8) is 0 Å². The van der Waals surface area contributed by atoms with Gasteiger partial charge in [-0.25, -0.2) is 0 Å². The van der Waals surface area contributed by atoms with E-state index in [0.717, 1.165) is 22.4 Å². The standard InChI is InChI=1S/C25H28N2O2/c1-15-11-13-21(14-12-15)24(20-9-7-6-8-10-20)27-18(4)25(29)23-16(2)22(19(5)28)17(3)26-23/h6-14,18,24,26-27H,1-5H3/p+1/t18-,24-/m1/s1. The SMILES string of the molecule is CC(=O)c1c(C)[nH]c(C(=O)[C@@H](C)[NH2+][C@H](c2ccccc2)c2ccc(C)cc2)c1C. The lowest BCUT2D eigenvalue weighted by Gasteiger charge is -2.20. The molecule has 29 heavy (non-hydrogen) atoms. The molecule has 0 aliphatic carbocycles. The number of hydrogen-bond acceptors (Lipinski definition) is 2. The maximum atomic E-state index is 13.2. The number of H-pyrrole nitrogens is 1. The van der Waals surface area contributed by atoms with Gasteiger partial charge in [0.2, 0.25) is 5.78 Å². The van der Waals surface area contributed by atoms with Crippen molar-refractivity contribution in [2.24, 2.45) is 0 Å². The fraction of sp³-hybridized carbons (Fsp3) is 0.280. The van der Waals surface area contributed by atoms with E-state index in [2.05, 4.69) is 53.6 Å². The first-order chi connectivity index (χ1) is 13.8. The molecule has 0 saturated carbocycles. The number of nitrogens with one attached hydrogen (secondary N) is 1. The topological polar surface area (TPSA) is 66.5 Å². The van der Waals surface area contributed by atoms with Crippen molar-refractivity contribution < 1.29 is 14.9 Å². The number of aromatic nitrogens is 1. The molecule has 0 saturated heterocycles. The largest absolute Gasteiger partial charge is 0.355 e. The average molecular weight is 390 g/mol. The third kappa shape index (κ3) is 4.38. The molecule has 0 spiro atoms. The van der Waals surface area contributed by atoms with Crippen LogP contribution in [0.2, 0.25) is 0 Å². The summed E-state index contributed by atoms with van der Waals surface area (Å²) < 4.78 is 0. The minimum absolute atomic E-state index is 0.00569. The monoisotopic (exact) mass is 389 g/mol. The molecule has 2 atom stereocenters. The first-order valence-electron chi connectivity index (χ1n) is 10.0. The van der Waals surface area contributed by atoms with Crippen molar-refractivity contribution >= 4 is 11.6 Å². The second kappa shape index (κ2) is 8.58. The Balaban J connectivity index is 1.92. The average Bonchev–Trinajstić information content (AvgIpc) is 3.01. The van der Waals surface area contributed by atoms with Crippen molar-refractivity contribution in [3.8, 4) is 0 Å². The number of aryl methyl sites for hydroxylation is 2. The number of quaternary nitrogens is 1. The summed E-state index contributed by atoms with van der Waals surface area (Å²) in [6, 6.07) is 18.4. The van der Waals surface area contributed by atoms with Crippen molar-refractivity contribution in [1.82, 2.24) is 4.98 Å². The molecule has 150 valence electrons. The molecule has 3 N–H and O–H groups in total. The summed E-state index contributed by atoms with van der Waals surface area (Å²) in [4.78, 5) is 28.3. The van der Waals surface area contributed by atoms with E-state index in [4.69, 9.17) is 0 Å². The van der Waals surface area contributed by atoms with Gasteiger partial charge in [-0.1, -0.05) is 60.2 Å². The van der Waals surface area contributed by atoms with Gasteiger partial charge in [0, 0.05) is 22.4 Å². The molecule has 2 aromatic carbocycles. The Kier molecular flexibility index (Phi) is 6.14. The predicted octanol–water partition coefficient (Wildman–Crippen LogP) is 4.07. The molecular formula is C25H29N2O2+. The summed E-state index contributed by atoms with van der Waals surface area (Å²) in [5, 5.41) is 2.10. The van der Waals surface area contributed by atoms with Gasteiger partial charge >= 0.3 is 0 Å². The molecule has 0 aliphatic heterocycles. The molecule has 3 aromatic rings. The van der Waals surface area contributed by atoms with E-state index >= 15 is 0 Å². The molecular weight excluding hydrogens is 360 g/mol. The molecule has 1 heterocycles. The van der Waals surface area contributed by atoms with Crippen LogP contribution in [0, 0.1) is 20.8 Å². The number of rotatable bonds is 7. The molecule has 0 bridgehead atoms. The zero-order valence-electron chi connectivity index (χ0n) is 17.7. The molecule has 4 nitrogen and oxygen atoms in total. The Morgan fingerprint density at radius 3 is 2.03 bits per heavy atom. The minimum atomic E-state index is -0.307. The van der Waals surface area contributed by atoms with Crippen LogP contribution in [0.15, 0.2) is 54.6 Å². The van der Waals surface area contributed by atoms with E-state index in [9.17, 15) is 9.59 Å². The number of carbonyl (C=O) groups excluding carboxylic acids is 2. The normalized spacial score (nSPS) is 13.1. The maximum absolute atomic E-state index is 13.2. The number of benzene rings is 2. The van der Waals surface area contributed by atoms with Crippen LogP contribution in [-0.2, 0) is 0 Å². The summed E-state index contributed by atoms with van der Waals surface area (Å²) >= 11 is 0. The smallest absolute Gasteiger partial charge is 0.235 e. The molecule has 0 amide bonds. The van der Waals surface area contributed by atoms with Gasteiger partial charge in [0.1, 0.15) is 12.1 Å². The van der Waals surface area contributed by atoms with Crippen molar-refractivity contribution in [2.75, 3.05) is 0 Å². The second-order valence-corrected chi connectivity index (χ2v) is 7.83. The van der Waals surface area contributed by atoms with Crippen LogP contribution in [0.4, 0.5) is 0 Å². The summed E-state index contributed by atoms with van der Waals surface area (Å²) in [7, 11) is 0. The summed E-state index contributed by atoms with van der Waals surface area (Å²) in [6.07, 6.45) is 0. The molecule has 0 radical (unpaired) electrons. The summed E-state index contributed by atoms with van der Waals surface area (Å²) in [5.74, 6) is -0.0140. The fourth-order valence-electron chi connectivity index (χ4n) is 3.98. The molecule has 0 aliphatic rings. The van der Waals surface area contributed by atoms with Crippen LogP contribution in [0.25, 0.3) is 0 Å². The number of hydrogen-bond donors (Lipinski definition) is 2. The third-order valence-corrected chi connectivity index (χ3v) is 5.53. The Morgan fingerprint density at radius 1 is 0.897 bits per heavy atom. The van der Waals surface area contributed by atoms with Gasteiger partial charge in [-0.3, -0.25) is 9.59 Å². The highest BCUT2D eigenvalue weighted by Crippen LogP contribution is 2.21. The van der Waals surface area contributed by atoms with E-state index in [1.54, 1.807) is 0 Å². The van der Waals surface area contributed by atoms with Crippen molar-refractivity contribution in [1.29, 1.82) is 0 Å². The Morgan fingerprint density at radius 2 is 1.48 bits per heavy atom. The zero-order valence-corrected chi connectivity index (χ0v) is 17.7. The van der Waals surface area contributed by atoms with Gasteiger partial charge in [-0.15, -0.1) is 0 Å². The van der Waals surface area contributed by atoms with E-state index in [1.165, 1.54) is 12.5 Å². The number of ketones is 2. The van der Waals surface area contributed by atoms with E-state index in [0.29, 0.717) is 11.3 Å². The second-order valence-electron chi connectivity index (χ2n) is 7.83. The van der Waals surface area contributed by atoms with Gasteiger partial charge in [0.25, 0.3) is 0 Å². The highest BCUT2D eigenvalue weighted by Gasteiger charge is 2.29. The maximum Gasteiger partial charge on any atom is 0.235 e. The number of nitrogens with two attached hydrogens (primary N) is 1. The van der Waals surface area contributed by atoms with Crippen LogP contribution in [-0.4, -0.2) is 22.6 Å². The van der Waals surface area contributed by atoms with Gasteiger partial charge in [0.05, 0.1) is 5.69 Å². The minimum Gasteiger partial charge on any atom is -0.355 e. The fourth-order valence-corrected chi connectivity index (χ4v) is 3.98. The first-order valence-corrected chi connectivity index (χ1v) is 10.0. The van der Waals surface area contributed by atoms with E-state index < -0.39 is 0 Å². The highest BCUT2D eigenvalue weighted by molar-refractivity contribution is 6.04. The summed E-state index contributed by atoms with van der Waals surface area (Å²) in [5.41, 5.74) is 6.17. The van der Waals surface area contributed by atoms with Crippen LogP contribution >= 0.6 is 0 Å². The van der Waals surface area contributed by atoms with Gasteiger partial charge < -0.3 is 10.3 Å². The Bertz CT molecular complexity index is 1020. The lowest BCUT2D eigenvalue weighted by atomic mass is 9.96. The van der Waals surface area contributed by atoms with Crippen LogP contribution < -0.4 is 5.32 Å². The molecule has 4 heteroatoms. The lowest BCUT2D eigenvalue weighted by molar-refractivity contribution is -0.703. The number of aromatic amines is 1. The number of carbonyl (C=O) groups is 2. The van der Waals surface area contributed by atoms with Crippen LogP contribution in [0.3, 0.4) is 0 Å². The third-order valence-electron chi connectivity index (χ3n) is 5.53. The van der Waals surface area contributed by atoms with Gasteiger partial charge in [-0.05, 0) is 40.2 Å².